The van der Waals surface area contributed by atoms with Gasteiger partial charge >= 0.3 is 10.3 Å². The van der Waals surface area contributed by atoms with E-state index in [0.29, 0.717) is 29.9 Å². The molecule has 0 bridgehead atoms. The van der Waals surface area contributed by atoms with Crippen LogP contribution in [0.15, 0.2) is 12.1 Å². The van der Waals surface area contributed by atoms with Gasteiger partial charge in [-0.05, 0) is 79.5 Å². The molecular formula is C20H28FNO4S. The number of alkyl halides is 1. The normalized spacial score (nSPS) is 35.6. The molecule has 4 rings (SSSR count). The zero-order chi connectivity index (χ0) is 19.4. The molecule has 0 saturated heterocycles. The third-order valence-corrected chi connectivity index (χ3v) is 7.75. The minimum Gasteiger partial charge on any atom is -0.493 e. The minimum absolute atomic E-state index is 0.138. The predicted molar refractivity (Wildman–Crippen MR) is 101 cm³/mol. The second-order valence-corrected chi connectivity index (χ2v) is 9.79. The summed E-state index contributed by atoms with van der Waals surface area (Å²) >= 11 is 0. The lowest BCUT2D eigenvalue weighted by atomic mass is 9.50. The van der Waals surface area contributed by atoms with Crippen LogP contribution < -0.4 is 14.1 Å². The highest BCUT2D eigenvalue weighted by molar-refractivity contribution is 7.84. The van der Waals surface area contributed by atoms with Crippen LogP contribution in [0.4, 0.5) is 4.39 Å². The van der Waals surface area contributed by atoms with Crippen molar-refractivity contribution in [3.05, 3.63) is 23.3 Å². The summed E-state index contributed by atoms with van der Waals surface area (Å²) in [6, 6.07) is 3.66. The Bertz CT molecular complexity index is 843. The largest absolute Gasteiger partial charge is 0.493 e. The van der Waals surface area contributed by atoms with Crippen molar-refractivity contribution in [2.24, 2.45) is 22.4 Å². The van der Waals surface area contributed by atoms with E-state index in [2.05, 4.69) is 6.92 Å². The topological polar surface area (TPSA) is 78.6 Å². The first-order valence-corrected chi connectivity index (χ1v) is 11.3. The first-order valence-electron chi connectivity index (χ1n) is 9.80. The number of hydrogen-bond donors (Lipinski definition) is 1. The molecule has 3 aliphatic carbocycles. The zero-order valence-corrected chi connectivity index (χ0v) is 16.7. The maximum absolute atomic E-state index is 14.8. The van der Waals surface area contributed by atoms with Crippen molar-refractivity contribution >= 4 is 10.3 Å². The SMILES string of the molecule is COc1cc2c(cc1OS(N)(=O)=O)CC[C@@H]1[C@@H]2CC[C@]2(C)C(F)CCC[C@@H]12. The monoisotopic (exact) mass is 397 g/mol. The molecule has 27 heavy (non-hydrogen) atoms. The molecule has 0 heterocycles. The number of benzene rings is 1. The molecule has 7 heteroatoms. The lowest BCUT2D eigenvalue weighted by molar-refractivity contribution is -0.0627. The summed E-state index contributed by atoms with van der Waals surface area (Å²) in [6.07, 6.45) is 5.79. The molecule has 0 aliphatic heterocycles. The van der Waals surface area contributed by atoms with Crippen molar-refractivity contribution in [2.45, 2.75) is 64.0 Å². The molecule has 1 aromatic carbocycles. The molecule has 2 N–H and O–H groups in total. The number of aryl methyl sites for hydroxylation is 1. The van der Waals surface area contributed by atoms with Crippen molar-refractivity contribution in [1.29, 1.82) is 0 Å². The highest BCUT2D eigenvalue weighted by atomic mass is 32.2. The molecule has 0 amide bonds. The first kappa shape index (κ1) is 19.0. The van der Waals surface area contributed by atoms with Crippen molar-refractivity contribution < 1.29 is 21.7 Å². The molecule has 0 aromatic heterocycles. The van der Waals surface area contributed by atoms with Gasteiger partial charge in [0.1, 0.15) is 6.17 Å². The molecule has 150 valence electrons. The Hall–Kier alpha value is -1.34. The third-order valence-electron chi connectivity index (χ3n) is 7.34. The van der Waals surface area contributed by atoms with Crippen LogP contribution in [0.1, 0.15) is 62.5 Å². The van der Waals surface area contributed by atoms with Crippen molar-refractivity contribution in [3.63, 3.8) is 0 Å². The van der Waals surface area contributed by atoms with Crippen LogP contribution in [0.5, 0.6) is 11.5 Å². The van der Waals surface area contributed by atoms with Gasteiger partial charge in [-0.3, -0.25) is 0 Å². The zero-order valence-electron chi connectivity index (χ0n) is 15.9. The highest BCUT2D eigenvalue weighted by Crippen LogP contribution is 2.60. The Labute approximate surface area is 160 Å². The fourth-order valence-corrected chi connectivity index (χ4v) is 6.44. The molecule has 0 radical (unpaired) electrons. The van der Waals surface area contributed by atoms with Crippen LogP contribution in [0, 0.1) is 17.3 Å². The van der Waals surface area contributed by atoms with Crippen molar-refractivity contribution in [1.82, 2.24) is 0 Å². The Morgan fingerprint density at radius 3 is 2.67 bits per heavy atom. The predicted octanol–water partition coefficient (Wildman–Crippen LogP) is 3.86. The Kier molecular flexibility index (Phi) is 4.66. The number of rotatable bonds is 3. The highest BCUT2D eigenvalue weighted by Gasteiger charge is 2.53. The van der Waals surface area contributed by atoms with Gasteiger partial charge in [0.15, 0.2) is 11.5 Å². The van der Waals surface area contributed by atoms with Crippen LogP contribution >= 0.6 is 0 Å². The Balaban J connectivity index is 1.70. The first-order chi connectivity index (χ1) is 12.7. The number of ether oxygens (including phenoxy) is 1. The van der Waals surface area contributed by atoms with Gasteiger partial charge in [0, 0.05) is 5.41 Å². The standard InChI is InChI=1S/C20H28FNO4S/c1-20-9-8-13-14(16(20)4-3-5-19(20)21)7-6-12-10-18(26-27(22,23)24)17(25-2)11-15(12)13/h10-11,13-14,16,19H,3-9H2,1-2H3,(H2,22,23,24)/t13-,14+,16-,19?,20-/m0/s1. The van der Waals surface area contributed by atoms with Gasteiger partial charge in [0.05, 0.1) is 7.11 Å². The Morgan fingerprint density at radius 1 is 1.19 bits per heavy atom. The number of methoxy groups -OCH3 is 1. The molecule has 1 aromatic rings. The van der Waals surface area contributed by atoms with E-state index < -0.39 is 16.5 Å². The van der Waals surface area contributed by atoms with Crippen LogP contribution in [0.3, 0.4) is 0 Å². The summed E-state index contributed by atoms with van der Waals surface area (Å²) < 4.78 is 47.8. The summed E-state index contributed by atoms with van der Waals surface area (Å²) in [5, 5.41) is 5.03. The van der Waals surface area contributed by atoms with Gasteiger partial charge in [0.2, 0.25) is 0 Å². The molecule has 0 spiro atoms. The average molecular weight is 398 g/mol. The lowest BCUT2D eigenvalue weighted by Gasteiger charge is -2.55. The maximum Gasteiger partial charge on any atom is 0.380 e. The number of hydrogen-bond acceptors (Lipinski definition) is 4. The second kappa shape index (κ2) is 6.62. The van der Waals surface area contributed by atoms with Crippen LogP contribution in [0.25, 0.3) is 0 Å². The number of fused-ring (bicyclic) bond motifs is 5. The van der Waals surface area contributed by atoms with Gasteiger partial charge < -0.3 is 8.92 Å². The summed E-state index contributed by atoms with van der Waals surface area (Å²) in [6.45, 7) is 2.15. The van der Waals surface area contributed by atoms with Crippen LogP contribution in [-0.4, -0.2) is 21.7 Å². The van der Waals surface area contributed by atoms with Crippen molar-refractivity contribution in [3.8, 4) is 11.5 Å². The van der Waals surface area contributed by atoms with Gasteiger partial charge in [-0.2, -0.15) is 13.6 Å². The fourth-order valence-electron chi connectivity index (χ4n) is 6.05. The summed E-state index contributed by atoms with van der Waals surface area (Å²) in [4.78, 5) is 0. The summed E-state index contributed by atoms with van der Waals surface area (Å²) in [5.41, 5.74) is 2.09. The van der Waals surface area contributed by atoms with E-state index in [1.807, 2.05) is 6.07 Å². The molecule has 2 fully saturated rings. The smallest absolute Gasteiger partial charge is 0.380 e. The van der Waals surface area contributed by atoms with E-state index in [9.17, 15) is 12.8 Å². The van der Waals surface area contributed by atoms with E-state index >= 15 is 0 Å². The van der Waals surface area contributed by atoms with Gasteiger partial charge in [-0.15, -0.1) is 0 Å². The quantitative estimate of drug-likeness (QED) is 0.840. The van der Waals surface area contributed by atoms with E-state index in [4.69, 9.17) is 14.1 Å². The minimum atomic E-state index is -4.11. The third kappa shape index (κ3) is 3.23. The van der Waals surface area contributed by atoms with Crippen molar-refractivity contribution in [2.75, 3.05) is 7.11 Å². The number of nitrogens with two attached hydrogens (primary N) is 1. The molecule has 2 saturated carbocycles. The van der Waals surface area contributed by atoms with E-state index in [1.54, 1.807) is 6.07 Å². The van der Waals surface area contributed by atoms with Gasteiger partial charge in [-0.1, -0.05) is 13.3 Å². The summed E-state index contributed by atoms with van der Waals surface area (Å²) in [5.74, 6) is 1.78. The molecule has 1 unspecified atom stereocenters. The van der Waals surface area contributed by atoms with E-state index in [0.717, 1.165) is 44.1 Å². The Morgan fingerprint density at radius 2 is 1.96 bits per heavy atom. The molecule has 5 atom stereocenters. The number of halogens is 1. The van der Waals surface area contributed by atoms with Crippen LogP contribution in [0.2, 0.25) is 0 Å². The molecular weight excluding hydrogens is 369 g/mol. The van der Waals surface area contributed by atoms with Gasteiger partial charge in [0.25, 0.3) is 0 Å². The molecule has 3 aliphatic rings. The van der Waals surface area contributed by atoms with Crippen LogP contribution in [-0.2, 0) is 16.7 Å². The maximum atomic E-state index is 14.8. The second-order valence-electron chi connectivity index (χ2n) is 8.64. The average Bonchev–Trinajstić information content (AvgIpc) is 2.60. The molecule has 5 nitrogen and oxygen atoms in total. The lowest BCUT2D eigenvalue weighted by Crippen LogP contribution is -2.49. The fraction of sp³-hybridized carbons (Fsp3) is 0.700. The van der Waals surface area contributed by atoms with E-state index in [-0.39, 0.29) is 11.2 Å². The summed E-state index contributed by atoms with van der Waals surface area (Å²) in [7, 11) is -2.62. The van der Waals surface area contributed by atoms with E-state index in [1.165, 1.54) is 12.7 Å². The van der Waals surface area contributed by atoms with Gasteiger partial charge in [-0.25, -0.2) is 4.39 Å².